The molecule has 1 aromatic carbocycles. The largest absolute Gasteiger partial charge is 0.387 e. The Hall–Kier alpha value is -2.68. The third-order valence-electron chi connectivity index (χ3n) is 2.85. The van der Waals surface area contributed by atoms with Crippen molar-refractivity contribution in [3.8, 4) is 0 Å². The van der Waals surface area contributed by atoms with Crippen molar-refractivity contribution in [3.05, 3.63) is 77.9 Å². The Kier molecular flexibility index (Phi) is 5.47. The number of carbonyl (C=O) groups excluding carboxylic acids is 2. The van der Waals surface area contributed by atoms with Crippen LogP contribution in [0.25, 0.3) is 6.08 Å². The first-order valence-electron chi connectivity index (χ1n) is 6.78. The number of hydrogen-bond donors (Lipinski definition) is 0. The zero-order valence-corrected chi connectivity index (χ0v) is 11.6. The monoisotopic (exact) mass is 280 g/mol. The molecule has 0 aromatic heterocycles. The van der Waals surface area contributed by atoms with Crippen LogP contribution >= 0.6 is 0 Å². The molecule has 1 aliphatic rings. The molecule has 0 fully saturated rings. The highest BCUT2D eigenvalue weighted by Gasteiger charge is 2.03. The summed E-state index contributed by atoms with van der Waals surface area (Å²) in [5.74, 6) is -1.35. The second kappa shape index (κ2) is 7.80. The molecule has 0 amide bonds. The highest BCUT2D eigenvalue weighted by atomic mass is 16.6. The Bertz CT molecular complexity index is 619. The normalized spacial score (nSPS) is 14.4. The van der Waals surface area contributed by atoms with E-state index in [0.717, 1.165) is 24.0 Å². The molecule has 0 aliphatic heterocycles. The van der Waals surface area contributed by atoms with E-state index in [1.807, 2.05) is 48.6 Å². The van der Waals surface area contributed by atoms with E-state index in [1.54, 1.807) is 12.2 Å². The maximum Gasteiger partial charge on any atom is 0.338 e. The van der Waals surface area contributed by atoms with Crippen LogP contribution in [0.3, 0.4) is 0 Å². The van der Waals surface area contributed by atoms with Crippen molar-refractivity contribution in [3.63, 3.8) is 0 Å². The van der Waals surface area contributed by atoms with Crippen LogP contribution in [0.1, 0.15) is 18.4 Å². The van der Waals surface area contributed by atoms with Gasteiger partial charge in [0.05, 0.1) is 0 Å². The van der Waals surface area contributed by atoms with E-state index in [0.29, 0.717) is 0 Å². The summed E-state index contributed by atoms with van der Waals surface area (Å²) in [5.41, 5.74) is 1.82. The van der Waals surface area contributed by atoms with Gasteiger partial charge in [0.15, 0.2) is 0 Å². The molecular formula is C18H16O3. The van der Waals surface area contributed by atoms with E-state index < -0.39 is 11.9 Å². The highest BCUT2D eigenvalue weighted by Crippen LogP contribution is 2.10. The Morgan fingerprint density at radius 3 is 2.33 bits per heavy atom. The lowest BCUT2D eigenvalue weighted by molar-refractivity contribution is -0.152. The van der Waals surface area contributed by atoms with Gasteiger partial charge in [0.25, 0.3) is 0 Å². The molecular weight excluding hydrogens is 264 g/mol. The summed E-state index contributed by atoms with van der Waals surface area (Å²) in [6.07, 6.45) is 13.7. The van der Waals surface area contributed by atoms with Crippen LogP contribution in [0, 0.1) is 0 Å². The number of ether oxygens (including phenoxy) is 1. The van der Waals surface area contributed by atoms with E-state index in [1.165, 1.54) is 12.2 Å². The summed E-state index contributed by atoms with van der Waals surface area (Å²) in [7, 11) is 0. The quantitative estimate of drug-likeness (QED) is 0.481. The fourth-order valence-electron chi connectivity index (χ4n) is 1.82. The lowest BCUT2D eigenvalue weighted by Crippen LogP contribution is -2.07. The molecule has 1 aliphatic carbocycles. The minimum Gasteiger partial charge on any atom is -0.387 e. The molecule has 21 heavy (non-hydrogen) atoms. The van der Waals surface area contributed by atoms with Gasteiger partial charge in [0.2, 0.25) is 0 Å². The molecule has 0 spiro atoms. The average Bonchev–Trinajstić information content (AvgIpc) is 2.53. The summed E-state index contributed by atoms with van der Waals surface area (Å²) in [6.45, 7) is 0. The smallest absolute Gasteiger partial charge is 0.338 e. The van der Waals surface area contributed by atoms with Crippen LogP contribution in [0.4, 0.5) is 0 Å². The fourth-order valence-corrected chi connectivity index (χ4v) is 1.82. The SMILES string of the molecule is O=C(/C=C/C1=CCCC=C1)OC(=O)/C=C/c1ccccc1. The Morgan fingerprint density at radius 2 is 1.67 bits per heavy atom. The summed E-state index contributed by atoms with van der Waals surface area (Å²) < 4.78 is 4.66. The first kappa shape index (κ1) is 14.7. The van der Waals surface area contributed by atoms with E-state index >= 15 is 0 Å². The average molecular weight is 280 g/mol. The molecule has 0 unspecified atom stereocenters. The van der Waals surface area contributed by atoms with E-state index in [4.69, 9.17) is 0 Å². The van der Waals surface area contributed by atoms with Crippen molar-refractivity contribution in [1.82, 2.24) is 0 Å². The van der Waals surface area contributed by atoms with Crippen LogP contribution in [0.2, 0.25) is 0 Å². The van der Waals surface area contributed by atoms with Gasteiger partial charge in [-0.1, -0.05) is 48.6 Å². The van der Waals surface area contributed by atoms with E-state index in [-0.39, 0.29) is 0 Å². The zero-order valence-electron chi connectivity index (χ0n) is 11.6. The van der Waals surface area contributed by atoms with E-state index in [9.17, 15) is 9.59 Å². The minimum absolute atomic E-state index is 0.669. The predicted molar refractivity (Wildman–Crippen MR) is 82.2 cm³/mol. The van der Waals surface area contributed by atoms with Crippen molar-refractivity contribution in [2.75, 3.05) is 0 Å². The molecule has 0 saturated carbocycles. The van der Waals surface area contributed by atoms with Crippen molar-refractivity contribution < 1.29 is 14.3 Å². The molecule has 1 aromatic rings. The Labute approximate surface area is 123 Å². The molecule has 2 rings (SSSR count). The second-order valence-electron chi connectivity index (χ2n) is 4.50. The van der Waals surface area contributed by atoms with Crippen molar-refractivity contribution in [2.24, 2.45) is 0 Å². The third-order valence-corrected chi connectivity index (χ3v) is 2.85. The third kappa shape index (κ3) is 5.45. The zero-order chi connectivity index (χ0) is 14.9. The summed E-state index contributed by atoms with van der Waals surface area (Å²) in [6, 6.07) is 9.33. The topological polar surface area (TPSA) is 43.4 Å². The van der Waals surface area contributed by atoms with Crippen LogP contribution in [-0.2, 0) is 14.3 Å². The minimum atomic E-state index is -0.679. The number of allylic oxidation sites excluding steroid dienone is 5. The summed E-state index contributed by atoms with van der Waals surface area (Å²) >= 11 is 0. The van der Waals surface area contributed by atoms with Crippen LogP contribution < -0.4 is 0 Å². The first-order valence-corrected chi connectivity index (χ1v) is 6.78. The first-order chi connectivity index (χ1) is 10.2. The van der Waals surface area contributed by atoms with Gasteiger partial charge in [-0.25, -0.2) is 9.59 Å². The second-order valence-corrected chi connectivity index (χ2v) is 4.50. The molecule has 106 valence electrons. The lowest BCUT2D eigenvalue weighted by Gasteiger charge is -2.00. The van der Waals surface area contributed by atoms with Gasteiger partial charge < -0.3 is 4.74 Å². The van der Waals surface area contributed by atoms with Gasteiger partial charge >= 0.3 is 11.9 Å². The number of rotatable bonds is 4. The summed E-state index contributed by atoms with van der Waals surface area (Å²) in [5, 5.41) is 0. The van der Waals surface area contributed by atoms with Crippen LogP contribution in [-0.4, -0.2) is 11.9 Å². The van der Waals surface area contributed by atoms with Gasteiger partial charge in [-0.15, -0.1) is 0 Å². The van der Waals surface area contributed by atoms with Crippen molar-refractivity contribution in [1.29, 1.82) is 0 Å². The number of esters is 2. The summed E-state index contributed by atoms with van der Waals surface area (Å²) in [4.78, 5) is 23.0. The van der Waals surface area contributed by atoms with Crippen LogP contribution in [0.5, 0.6) is 0 Å². The van der Waals surface area contributed by atoms with Crippen molar-refractivity contribution >= 4 is 18.0 Å². The number of hydrogen-bond acceptors (Lipinski definition) is 3. The molecule has 0 N–H and O–H groups in total. The predicted octanol–water partition coefficient (Wildman–Crippen LogP) is 3.60. The Balaban J connectivity index is 1.83. The molecule has 0 heterocycles. The lowest BCUT2D eigenvalue weighted by atomic mass is 10.1. The van der Waals surface area contributed by atoms with Gasteiger partial charge in [-0.05, 0) is 36.1 Å². The van der Waals surface area contributed by atoms with Gasteiger partial charge in [0.1, 0.15) is 0 Å². The molecule has 0 atom stereocenters. The maximum absolute atomic E-state index is 11.5. The standard InChI is InChI=1S/C18H16O3/c19-17(13-11-15-7-3-1-4-8-15)21-18(20)14-12-16-9-5-2-6-10-16/h1,3-5,7-14H,2,6H2/b13-11+,14-12+. The number of carbonyl (C=O) groups is 2. The molecule has 0 radical (unpaired) electrons. The van der Waals surface area contributed by atoms with Gasteiger partial charge in [-0.2, -0.15) is 0 Å². The molecule has 0 saturated heterocycles. The molecule has 3 heteroatoms. The van der Waals surface area contributed by atoms with Crippen LogP contribution in [0.15, 0.2) is 72.4 Å². The Morgan fingerprint density at radius 1 is 0.952 bits per heavy atom. The van der Waals surface area contributed by atoms with E-state index in [2.05, 4.69) is 4.74 Å². The van der Waals surface area contributed by atoms with Gasteiger partial charge in [-0.3, -0.25) is 0 Å². The molecule has 3 nitrogen and oxygen atoms in total. The fraction of sp³-hybridized carbons (Fsp3) is 0.111. The highest BCUT2D eigenvalue weighted by molar-refractivity contribution is 5.98. The van der Waals surface area contributed by atoms with Crippen molar-refractivity contribution in [2.45, 2.75) is 12.8 Å². The maximum atomic E-state index is 11.5. The number of benzene rings is 1. The molecule has 0 bridgehead atoms. The van der Waals surface area contributed by atoms with Gasteiger partial charge in [0, 0.05) is 12.2 Å².